The molecule has 0 aliphatic carbocycles. The Morgan fingerprint density at radius 2 is 2.22 bits per heavy atom. The van der Waals surface area contributed by atoms with Crippen molar-refractivity contribution >= 4 is 33.0 Å². The molecule has 1 aliphatic heterocycles. The molecule has 8 heteroatoms. The Morgan fingerprint density at radius 3 is 2.67 bits per heavy atom. The predicted octanol–water partition coefficient (Wildman–Crippen LogP) is 3.42. The zero-order valence-electron chi connectivity index (χ0n) is 8.58. The van der Waals surface area contributed by atoms with Gasteiger partial charge in [-0.25, -0.2) is 0 Å². The number of nitriles is 1. The molecular formula is C10H5BrF3NO2S. The highest BCUT2D eigenvalue weighted by Gasteiger charge is 2.60. The lowest BCUT2D eigenvalue weighted by molar-refractivity contribution is -0.337. The maximum Gasteiger partial charge on any atom is 0.455 e. The van der Waals surface area contributed by atoms with Crippen molar-refractivity contribution in [2.24, 2.45) is 0 Å². The predicted molar refractivity (Wildman–Crippen MR) is 61.3 cm³/mol. The van der Waals surface area contributed by atoms with Gasteiger partial charge < -0.3 is 9.84 Å². The minimum atomic E-state index is -4.96. The zero-order chi connectivity index (χ0) is 13.6. The van der Waals surface area contributed by atoms with Crippen LogP contribution < -0.4 is 0 Å². The Kier molecular flexibility index (Phi) is 3.17. The zero-order valence-corrected chi connectivity index (χ0v) is 11.0. The molecule has 1 aliphatic rings. The van der Waals surface area contributed by atoms with Crippen LogP contribution in [0.4, 0.5) is 13.2 Å². The van der Waals surface area contributed by atoms with Crippen LogP contribution in [0.25, 0.3) is 5.76 Å². The number of thiophene rings is 1. The van der Waals surface area contributed by atoms with E-state index in [-0.39, 0.29) is 11.3 Å². The molecule has 0 saturated heterocycles. The fraction of sp³-hybridized carbons (Fsp3) is 0.300. The van der Waals surface area contributed by atoms with Crippen LogP contribution in [0.3, 0.4) is 0 Å². The second kappa shape index (κ2) is 4.26. The Hall–Kier alpha value is -1.04. The lowest BCUT2D eigenvalue weighted by Crippen LogP contribution is -2.44. The van der Waals surface area contributed by atoms with Gasteiger partial charge in [0.1, 0.15) is 0 Å². The third kappa shape index (κ3) is 2.02. The van der Waals surface area contributed by atoms with Crippen LogP contribution in [0.15, 0.2) is 21.5 Å². The molecule has 1 unspecified atom stereocenters. The number of aliphatic hydroxyl groups is 1. The molecule has 1 aromatic heterocycles. The molecule has 0 aromatic carbocycles. The van der Waals surface area contributed by atoms with E-state index in [2.05, 4.69) is 20.7 Å². The number of hydrogen-bond acceptors (Lipinski definition) is 4. The Labute approximate surface area is 112 Å². The highest BCUT2D eigenvalue weighted by Crippen LogP contribution is 2.48. The molecule has 1 atom stereocenters. The van der Waals surface area contributed by atoms with Crippen molar-refractivity contribution in [2.45, 2.75) is 18.4 Å². The van der Waals surface area contributed by atoms with Crippen LogP contribution in [-0.2, 0) is 4.74 Å². The summed E-state index contributed by atoms with van der Waals surface area (Å²) in [7, 11) is 0. The molecule has 0 amide bonds. The number of rotatable bonds is 1. The maximum absolute atomic E-state index is 12.7. The van der Waals surface area contributed by atoms with Gasteiger partial charge in [-0.3, -0.25) is 0 Å². The summed E-state index contributed by atoms with van der Waals surface area (Å²) in [5.74, 6) is -3.55. The standard InChI is InChI=1S/C10H5BrF3NO2S/c11-6-1-2-18-8(6)7-5(4-15)3-9(16,17-7)10(12,13)14/h1-2,16H,3H2. The number of ether oxygens (including phenoxy) is 1. The van der Waals surface area contributed by atoms with E-state index >= 15 is 0 Å². The minimum Gasteiger partial charge on any atom is -0.450 e. The number of halogens is 4. The lowest BCUT2D eigenvalue weighted by Gasteiger charge is -2.25. The monoisotopic (exact) mass is 339 g/mol. The van der Waals surface area contributed by atoms with E-state index in [0.29, 0.717) is 9.35 Å². The van der Waals surface area contributed by atoms with Crippen LogP contribution in [0, 0.1) is 11.3 Å². The van der Waals surface area contributed by atoms with Gasteiger partial charge in [0.2, 0.25) is 0 Å². The number of hydrogen-bond donors (Lipinski definition) is 1. The molecule has 3 nitrogen and oxygen atoms in total. The largest absolute Gasteiger partial charge is 0.455 e. The molecule has 1 N–H and O–H groups in total. The van der Waals surface area contributed by atoms with Crippen LogP contribution in [0.2, 0.25) is 0 Å². The van der Waals surface area contributed by atoms with E-state index in [1.54, 1.807) is 17.5 Å². The van der Waals surface area contributed by atoms with Crippen molar-refractivity contribution in [2.75, 3.05) is 0 Å². The van der Waals surface area contributed by atoms with Crippen molar-refractivity contribution in [3.05, 3.63) is 26.4 Å². The summed E-state index contributed by atoms with van der Waals surface area (Å²) < 4.78 is 43.1. The fourth-order valence-corrected chi connectivity index (χ4v) is 3.03. The lowest BCUT2D eigenvalue weighted by atomic mass is 10.1. The maximum atomic E-state index is 12.7. The molecule has 0 saturated carbocycles. The highest BCUT2D eigenvalue weighted by atomic mass is 79.9. The van der Waals surface area contributed by atoms with Crippen LogP contribution >= 0.6 is 27.3 Å². The first-order chi connectivity index (χ1) is 8.28. The second-order valence-electron chi connectivity index (χ2n) is 3.58. The minimum absolute atomic E-state index is 0.223. The van der Waals surface area contributed by atoms with Crippen molar-refractivity contribution in [3.8, 4) is 6.07 Å². The second-order valence-corrected chi connectivity index (χ2v) is 5.35. The van der Waals surface area contributed by atoms with Crippen molar-refractivity contribution in [1.82, 2.24) is 0 Å². The molecule has 2 heterocycles. The topological polar surface area (TPSA) is 53.2 Å². The van der Waals surface area contributed by atoms with E-state index in [4.69, 9.17) is 5.26 Å². The van der Waals surface area contributed by atoms with Crippen LogP contribution in [0.1, 0.15) is 11.3 Å². The summed E-state index contributed by atoms with van der Waals surface area (Å²) in [6, 6.07) is 3.26. The van der Waals surface area contributed by atoms with Gasteiger partial charge in [-0.15, -0.1) is 11.3 Å². The normalized spacial score (nSPS) is 24.0. The molecule has 18 heavy (non-hydrogen) atoms. The molecule has 0 radical (unpaired) electrons. The SMILES string of the molecule is N#CC1=C(c2sccc2Br)OC(O)(C(F)(F)F)C1. The van der Waals surface area contributed by atoms with Gasteiger partial charge in [0.15, 0.2) is 5.76 Å². The number of nitrogens with zero attached hydrogens (tertiary/aromatic N) is 1. The summed E-state index contributed by atoms with van der Waals surface area (Å²) in [6.07, 6.45) is -5.85. The summed E-state index contributed by atoms with van der Waals surface area (Å²) in [5, 5.41) is 19.9. The quantitative estimate of drug-likeness (QED) is 0.852. The van der Waals surface area contributed by atoms with Crippen LogP contribution in [-0.4, -0.2) is 17.1 Å². The third-order valence-corrected chi connectivity index (χ3v) is 4.20. The fourth-order valence-electron chi connectivity index (χ4n) is 1.47. The van der Waals surface area contributed by atoms with Crippen molar-refractivity contribution in [3.63, 3.8) is 0 Å². The Bertz CT molecular complexity index is 560. The molecule has 2 rings (SSSR count). The van der Waals surface area contributed by atoms with E-state index < -0.39 is 18.4 Å². The summed E-state index contributed by atoms with van der Waals surface area (Å²) in [6.45, 7) is 0. The van der Waals surface area contributed by atoms with Crippen molar-refractivity contribution < 1.29 is 23.0 Å². The smallest absolute Gasteiger partial charge is 0.450 e. The van der Waals surface area contributed by atoms with Gasteiger partial charge in [-0.2, -0.15) is 18.4 Å². The van der Waals surface area contributed by atoms with Gasteiger partial charge in [0.25, 0.3) is 0 Å². The van der Waals surface area contributed by atoms with E-state index in [0.717, 1.165) is 11.3 Å². The molecular weight excluding hydrogens is 335 g/mol. The highest BCUT2D eigenvalue weighted by molar-refractivity contribution is 9.10. The Morgan fingerprint density at radius 1 is 1.56 bits per heavy atom. The van der Waals surface area contributed by atoms with Gasteiger partial charge in [-0.1, -0.05) is 0 Å². The summed E-state index contributed by atoms with van der Waals surface area (Å²) >= 11 is 4.26. The average molecular weight is 340 g/mol. The first kappa shape index (κ1) is 13.4. The van der Waals surface area contributed by atoms with E-state index in [9.17, 15) is 18.3 Å². The first-order valence-corrected chi connectivity index (χ1v) is 6.30. The third-order valence-electron chi connectivity index (χ3n) is 2.36. The Balaban J connectivity index is 2.44. The molecule has 0 fully saturated rings. The van der Waals surface area contributed by atoms with Crippen LogP contribution in [0.5, 0.6) is 0 Å². The summed E-state index contributed by atoms with van der Waals surface area (Å²) in [5.41, 5.74) is -0.224. The van der Waals surface area contributed by atoms with Gasteiger partial charge >= 0.3 is 12.0 Å². The molecule has 0 spiro atoms. The average Bonchev–Trinajstić information content (AvgIpc) is 2.81. The molecule has 96 valence electrons. The van der Waals surface area contributed by atoms with E-state index in [1.807, 2.05) is 0 Å². The molecule has 1 aromatic rings. The van der Waals surface area contributed by atoms with Crippen molar-refractivity contribution in [1.29, 1.82) is 5.26 Å². The molecule has 0 bridgehead atoms. The van der Waals surface area contributed by atoms with Gasteiger partial charge in [-0.05, 0) is 27.4 Å². The number of alkyl halides is 3. The first-order valence-electron chi connectivity index (χ1n) is 4.63. The van der Waals surface area contributed by atoms with E-state index in [1.165, 1.54) is 0 Å². The van der Waals surface area contributed by atoms with Gasteiger partial charge in [0, 0.05) is 4.47 Å². The summed E-state index contributed by atoms with van der Waals surface area (Å²) in [4.78, 5) is 0.353. The van der Waals surface area contributed by atoms with Gasteiger partial charge in [0.05, 0.1) is 22.9 Å².